The molecule has 0 fully saturated rings. The summed E-state index contributed by atoms with van der Waals surface area (Å²) >= 11 is 0. The second-order valence-electron chi connectivity index (χ2n) is 4.66. The second kappa shape index (κ2) is 4.88. The van der Waals surface area contributed by atoms with E-state index < -0.39 is 0 Å². The molecule has 0 amide bonds. The molecule has 0 radical (unpaired) electrons. The van der Waals surface area contributed by atoms with Gasteiger partial charge in [0.05, 0.1) is 0 Å². The van der Waals surface area contributed by atoms with Gasteiger partial charge in [-0.3, -0.25) is 0 Å². The fourth-order valence-electron chi connectivity index (χ4n) is 2.05. The van der Waals surface area contributed by atoms with Crippen LogP contribution in [0.15, 0.2) is 36.4 Å². The van der Waals surface area contributed by atoms with Crippen molar-refractivity contribution < 1.29 is 4.39 Å². The van der Waals surface area contributed by atoms with Gasteiger partial charge in [-0.05, 0) is 25.1 Å². The molecule has 102 valence electrons. The van der Waals surface area contributed by atoms with Crippen LogP contribution < -0.4 is 4.90 Å². The number of anilines is 1. The molecule has 0 saturated carbocycles. The first-order chi connectivity index (χ1) is 9.65. The molecule has 2 aromatic heterocycles. The van der Waals surface area contributed by atoms with Crippen molar-refractivity contribution in [3.05, 3.63) is 53.6 Å². The SMILES string of the molecule is Cc1nnc2ccc(N(C)Cc3ccccc3F)nn12. The number of fused-ring (bicyclic) bond motifs is 1. The van der Waals surface area contributed by atoms with E-state index in [1.54, 1.807) is 16.6 Å². The van der Waals surface area contributed by atoms with Crippen molar-refractivity contribution in [3.8, 4) is 0 Å². The zero-order valence-electron chi connectivity index (χ0n) is 11.3. The van der Waals surface area contributed by atoms with Crippen molar-refractivity contribution in [2.24, 2.45) is 0 Å². The summed E-state index contributed by atoms with van der Waals surface area (Å²) in [7, 11) is 1.88. The van der Waals surface area contributed by atoms with Gasteiger partial charge in [0, 0.05) is 19.2 Å². The van der Waals surface area contributed by atoms with Crippen LogP contribution in [0.2, 0.25) is 0 Å². The summed E-state index contributed by atoms with van der Waals surface area (Å²) in [6.07, 6.45) is 0. The molecule has 6 heteroatoms. The van der Waals surface area contributed by atoms with Crippen LogP contribution in [0.1, 0.15) is 11.4 Å². The lowest BCUT2D eigenvalue weighted by Gasteiger charge is -2.18. The average Bonchev–Trinajstić information content (AvgIpc) is 2.82. The first-order valence-electron chi connectivity index (χ1n) is 6.29. The Morgan fingerprint density at radius 3 is 2.75 bits per heavy atom. The van der Waals surface area contributed by atoms with E-state index in [9.17, 15) is 4.39 Å². The average molecular weight is 271 g/mol. The van der Waals surface area contributed by atoms with E-state index in [1.807, 2.05) is 37.1 Å². The molecule has 3 rings (SSSR count). The molecule has 0 atom stereocenters. The first kappa shape index (κ1) is 12.5. The number of hydrogen-bond acceptors (Lipinski definition) is 4. The van der Waals surface area contributed by atoms with Gasteiger partial charge in [-0.25, -0.2) is 4.39 Å². The Hall–Kier alpha value is -2.50. The standard InChI is InChI=1S/C14H14FN5/c1-10-16-17-13-7-8-14(18-20(10)13)19(2)9-11-5-3-4-6-12(11)15/h3-8H,9H2,1-2H3. The van der Waals surface area contributed by atoms with Crippen molar-refractivity contribution in [1.82, 2.24) is 19.8 Å². The van der Waals surface area contributed by atoms with Gasteiger partial charge in [0.15, 0.2) is 11.5 Å². The Bertz CT molecular complexity index is 752. The summed E-state index contributed by atoms with van der Waals surface area (Å²) in [5, 5.41) is 12.4. The lowest BCUT2D eigenvalue weighted by molar-refractivity contribution is 0.607. The second-order valence-corrected chi connectivity index (χ2v) is 4.66. The number of halogens is 1. The maximum absolute atomic E-state index is 13.7. The quantitative estimate of drug-likeness (QED) is 0.732. The lowest BCUT2D eigenvalue weighted by atomic mass is 10.2. The van der Waals surface area contributed by atoms with E-state index in [0.29, 0.717) is 17.8 Å². The van der Waals surface area contributed by atoms with E-state index >= 15 is 0 Å². The van der Waals surface area contributed by atoms with E-state index in [4.69, 9.17) is 0 Å². The minimum Gasteiger partial charge on any atom is -0.354 e. The maximum Gasteiger partial charge on any atom is 0.178 e. The summed E-state index contributed by atoms with van der Waals surface area (Å²) in [4.78, 5) is 1.89. The van der Waals surface area contributed by atoms with Crippen LogP contribution in [0, 0.1) is 12.7 Å². The van der Waals surface area contributed by atoms with Gasteiger partial charge >= 0.3 is 0 Å². The summed E-state index contributed by atoms with van der Waals surface area (Å²) < 4.78 is 15.3. The third-order valence-electron chi connectivity index (χ3n) is 3.16. The normalized spacial score (nSPS) is 10.9. The highest BCUT2D eigenvalue weighted by Crippen LogP contribution is 2.15. The van der Waals surface area contributed by atoms with Crippen LogP contribution in [-0.4, -0.2) is 26.9 Å². The van der Waals surface area contributed by atoms with Gasteiger partial charge in [0.2, 0.25) is 0 Å². The molecule has 0 saturated heterocycles. The fourth-order valence-corrected chi connectivity index (χ4v) is 2.05. The van der Waals surface area contributed by atoms with Crippen LogP contribution in [0.5, 0.6) is 0 Å². The molecule has 1 aromatic carbocycles. The van der Waals surface area contributed by atoms with E-state index in [-0.39, 0.29) is 5.82 Å². The number of hydrogen-bond donors (Lipinski definition) is 0. The summed E-state index contributed by atoms with van der Waals surface area (Å²) in [5.74, 6) is 1.26. The predicted octanol–water partition coefficient (Wildman–Crippen LogP) is 2.21. The molecule has 3 aromatic rings. The highest BCUT2D eigenvalue weighted by Gasteiger charge is 2.09. The summed E-state index contributed by atoms with van der Waals surface area (Å²) in [5.41, 5.74) is 1.34. The van der Waals surface area contributed by atoms with Crippen LogP contribution in [-0.2, 0) is 6.54 Å². The van der Waals surface area contributed by atoms with Gasteiger partial charge in [0.1, 0.15) is 11.6 Å². The van der Waals surface area contributed by atoms with Crippen molar-refractivity contribution in [2.45, 2.75) is 13.5 Å². The van der Waals surface area contributed by atoms with Gasteiger partial charge in [-0.15, -0.1) is 15.3 Å². The molecule has 0 aliphatic rings. The molecule has 0 aliphatic carbocycles. The summed E-state index contributed by atoms with van der Waals surface area (Å²) in [6.45, 7) is 2.29. The monoisotopic (exact) mass is 271 g/mol. The number of rotatable bonds is 3. The van der Waals surface area contributed by atoms with Crippen molar-refractivity contribution in [1.29, 1.82) is 0 Å². The molecule has 0 bridgehead atoms. The molecule has 0 spiro atoms. The maximum atomic E-state index is 13.7. The predicted molar refractivity (Wildman–Crippen MR) is 74.0 cm³/mol. The minimum absolute atomic E-state index is 0.207. The lowest BCUT2D eigenvalue weighted by Crippen LogP contribution is -2.19. The van der Waals surface area contributed by atoms with Gasteiger partial charge in [-0.1, -0.05) is 18.2 Å². The zero-order chi connectivity index (χ0) is 14.1. The van der Waals surface area contributed by atoms with Gasteiger partial charge < -0.3 is 4.90 Å². The Kier molecular flexibility index (Phi) is 3.06. The number of nitrogens with zero attached hydrogens (tertiary/aromatic N) is 5. The van der Waals surface area contributed by atoms with Crippen LogP contribution in [0.4, 0.5) is 10.2 Å². The highest BCUT2D eigenvalue weighted by atomic mass is 19.1. The first-order valence-corrected chi connectivity index (χ1v) is 6.29. The van der Waals surface area contributed by atoms with E-state index in [2.05, 4.69) is 15.3 Å². The molecular weight excluding hydrogens is 257 g/mol. The molecule has 20 heavy (non-hydrogen) atoms. The van der Waals surface area contributed by atoms with Crippen LogP contribution in [0.25, 0.3) is 5.65 Å². The Morgan fingerprint density at radius 1 is 1.15 bits per heavy atom. The molecule has 5 nitrogen and oxygen atoms in total. The van der Waals surface area contributed by atoms with Crippen LogP contribution >= 0.6 is 0 Å². The highest BCUT2D eigenvalue weighted by molar-refractivity contribution is 5.45. The third kappa shape index (κ3) is 2.20. The van der Waals surface area contributed by atoms with Gasteiger partial charge in [0.25, 0.3) is 0 Å². The largest absolute Gasteiger partial charge is 0.354 e. The Labute approximate surface area is 115 Å². The van der Waals surface area contributed by atoms with Crippen molar-refractivity contribution >= 4 is 11.5 Å². The number of aromatic nitrogens is 4. The molecule has 0 aliphatic heterocycles. The molecular formula is C14H14FN5. The van der Waals surface area contributed by atoms with E-state index in [1.165, 1.54) is 6.07 Å². The van der Waals surface area contributed by atoms with E-state index in [0.717, 1.165) is 11.6 Å². The third-order valence-corrected chi connectivity index (χ3v) is 3.16. The minimum atomic E-state index is -0.207. The van der Waals surface area contributed by atoms with Crippen LogP contribution in [0.3, 0.4) is 0 Å². The van der Waals surface area contributed by atoms with Crippen molar-refractivity contribution in [2.75, 3.05) is 11.9 Å². The number of benzene rings is 1. The van der Waals surface area contributed by atoms with Crippen molar-refractivity contribution in [3.63, 3.8) is 0 Å². The fraction of sp³-hybridized carbons (Fsp3) is 0.214. The Balaban J connectivity index is 1.90. The summed E-state index contributed by atoms with van der Waals surface area (Å²) in [6, 6.07) is 10.4. The Morgan fingerprint density at radius 2 is 1.95 bits per heavy atom. The molecule has 0 unspecified atom stereocenters. The zero-order valence-corrected chi connectivity index (χ0v) is 11.3. The molecule has 2 heterocycles. The number of aryl methyl sites for hydroxylation is 1. The van der Waals surface area contributed by atoms with Gasteiger partial charge in [-0.2, -0.15) is 4.52 Å². The smallest absolute Gasteiger partial charge is 0.178 e. The molecule has 0 N–H and O–H groups in total. The topological polar surface area (TPSA) is 46.3 Å².